The van der Waals surface area contributed by atoms with Crippen LogP contribution < -0.4 is 5.73 Å². The van der Waals surface area contributed by atoms with E-state index < -0.39 is 5.41 Å². The Hall–Kier alpha value is -1.39. The van der Waals surface area contributed by atoms with Crippen LogP contribution in [0.25, 0.3) is 0 Å². The molecule has 2 rings (SSSR count). The summed E-state index contributed by atoms with van der Waals surface area (Å²) < 4.78 is 11.0. The van der Waals surface area contributed by atoms with Gasteiger partial charge in [-0.05, 0) is 38.2 Å². The Morgan fingerprint density at radius 1 is 1.43 bits per heavy atom. The van der Waals surface area contributed by atoms with E-state index in [0.29, 0.717) is 13.0 Å². The van der Waals surface area contributed by atoms with Gasteiger partial charge in [-0.25, -0.2) is 0 Å². The van der Waals surface area contributed by atoms with Crippen LogP contribution in [0.5, 0.6) is 0 Å². The summed E-state index contributed by atoms with van der Waals surface area (Å²) in [6.07, 6.45) is 3.92. The summed E-state index contributed by atoms with van der Waals surface area (Å²) in [7, 11) is 0. The maximum atomic E-state index is 12.6. The molecule has 2 N–H and O–H groups in total. The van der Waals surface area contributed by atoms with Crippen LogP contribution in [0.2, 0.25) is 0 Å². The summed E-state index contributed by atoms with van der Waals surface area (Å²) in [4.78, 5) is 12.6. The number of hydrogen-bond acceptors (Lipinski definition) is 4. The highest BCUT2D eigenvalue weighted by Gasteiger charge is 2.40. The fourth-order valence-corrected chi connectivity index (χ4v) is 2.97. The molecule has 2 atom stereocenters. The molecule has 1 aromatic carbocycles. The average molecular weight is 291 g/mol. The van der Waals surface area contributed by atoms with E-state index in [1.54, 1.807) is 0 Å². The Labute approximate surface area is 126 Å². The van der Waals surface area contributed by atoms with Crippen molar-refractivity contribution < 1.29 is 14.3 Å². The normalized spacial score (nSPS) is 21.0. The Kier molecular flexibility index (Phi) is 5.76. The molecule has 4 nitrogen and oxygen atoms in total. The van der Waals surface area contributed by atoms with Gasteiger partial charge < -0.3 is 15.2 Å². The maximum Gasteiger partial charge on any atom is 0.317 e. The third kappa shape index (κ3) is 3.63. The topological polar surface area (TPSA) is 61.5 Å². The van der Waals surface area contributed by atoms with Gasteiger partial charge in [-0.1, -0.05) is 30.3 Å². The van der Waals surface area contributed by atoms with Crippen LogP contribution in [-0.2, 0) is 19.7 Å². The smallest absolute Gasteiger partial charge is 0.317 e. The lowest BCUT2D eigenvalue weighted by Crippen LogP contribution is -2.44. The SMILES string of the molecule is CCOC(=O)C(CN)(CCC1CCCO1)c1ccccc1. The zero-order chi connectivity index (χ0) is 15.1. The Bertz CT molecular complexity index is 443. The fourth-order valence-electron chi connectivity index (χ4n) is 2.97. The second-order valence-electron chi connectivity index (χ2n) is 5.55. The van der Waals surface area contributed by atoms with Crippen LogP contribution in [0, 0.1) is 0 Å². The molecule has 4 heteroatoms. The number of carbonyl (C=O) groups is 1. The van der Waals surface area contributed by atoms with E-state index >= 15 is 0 Å². The van der Waals surface area contributed by atoms with Gasteiger partial charge in [-0.2, -0.15) is 0 Å². The molecule has 1 aromatic rings. The minimum Gasteiger partial charge on any atom is -0.465 e. The van der Waals surface area contributed by atoms with Crippen LogP contribution in [0.3, 0.4) is 0 Å². The van der Waals surface area contributed by atoms with Crippen molar-refractivity contribution >= 4 is 5.97 Å². The van der Waals surface area contributed by atoms with E-state index in [4.69, 9.17) is 15.2 Å². The highest BCUT2D eigenvalue weighted by Crippen LogP contribution is 2.32. The summed E-state index contributed by atoms with van der Waals surface area (Å²) in [5, 5.41) is 0. The minimum absolute atomic E-state index is 0.225. The van der Waals surface area contributed by atoms with E-state index in [9.17, 15) is 4.79 Å². The van der Waals surface area contributed by atoms with Gasteiger partial charge in [0, 0.05) is 13.2 Å². The van der Waals surface area contributed by atoms with Crippen molar-refractivity contribution in [2.45, 2.75) is 44.1 Å². The molecular formula is C17H25NO3. The first kappa shape index (κ1) is 16.0. The number of carbonyl (C=O) groups excluding carboxylic acids is 1. The molecule has 116 valence electrons. The van der Waals surface area contributed by atoms with Gasteiger partial charge in [0.15, 0.2) is 0 Å². The molecule has 1 heterocycles. The first-order chi connectivity index (χ1) is 10.2. The lowest BCUT2D eigenvalue weighted by Gasteiger charge is -2.31. The van der Waals surface area contributed by atoms with Gasteiger partial charge >= 0.3 is 5.97 Å². The largest absolute Gasteiger partial charge is 0.465 e. The minimum atomic E-state index is -0.761. The van der Waals surface area contributed by atoms with Gasteiger partial charge in [0.2, 0.25) is 0 Å². The van der Waals surface area contributed by atoms with Crippen molar-refractivity contribution in [3.8, 4) is 0 Å². The van der Waals surface area contributed by atoms with Crippen LogP contribution in [0.1, 0.15) is 38.2 Å². The van der Waals surface area contributed by atoms with E-state index in [1.165, 1.54) is 0 Å². The standard InChI is InChI=1S/C17H25NO3/c1-2-20-16(19)17(13-18,14-7-4-3-5-8-14)11-10-15-9-6-12-21-15/h3-5,7-8,15H,2,6,9-13,18H2,1H3. The van der Waals surface area contributed by atoms with Gasteiger partial charge in [-0.15, -0.1) is 0 Å². The zero-order valence-electron chi connectivity index (χ0n) is 12.7. The van der Waals surface area contributed by atoms with E-state index in [-0.39, 0.29) is 18.6 Å². The van der Waals surface area contributed by atoms with E-state index in [1.807, 2.05) is 37.3 Å². The molecular weight excluding hydrogens is 266 g/mol. The number of ether oxygens (including phenoxy) is 2. The Morgan fingerprint density at radius 3 is 2.76 bits per heavy atom. The summed E-state index contributed by atoms with van der Waals surface area (Å²) in [6.45, 7) is 3.27. The van der Waals surface area contributed by atoms with Gasteiger partial charge in [0.25, 0.3) is 0 Å². The lowest BCUT2D eigenvalue weighted by molar-refractivity contribution is -0.150. The number of nitrogens with two attached hydrogens (primary N) is 1. The molecule has 0 aliphatic carbocycles. The van der Waals surface area contributed by atoms with Crippen molar-refractivity contribution in [2.75, 3.05) is 19.8 Å². The van der Waals surface area contributed by atoms with Gasteiger partial charge in [-0.3, -0.25) is 4.79 Å². The highest BCUT2D eigenvalue weighted by molar-refractivity contribution is 5.83. The molecule has 0 radical (unpaired) electrons. The van der Waals surface area contributed by atoms with Crippen molar-refractivity contribution in [1.29, 1.82) is 0 Å². The number of rotatable bonds is 7. The summed E-state index contributed by atoms with van der Waals surface area (Å²) in [5.41, 5.74) is 6.19. The Balaban J connectivity index is 2.20. The maximum absolute atomic E-state index is 12.6. The molecule has 1 saturated heterocycles. The van der Waals surface area contributed by atoms with Gasteiger partial charge in [0.1, 0.15) is 5.41 Å². The van der Waals surface area contributed by atoms with Crippen molar-refractivity contribution in [1.82, 2.24) is 0 Å². The second-order valence-corrected chi connectivity index (χ2v) is 5.55. The van der Waals surface area contributed by atoms with E-state index in [2.05, 4.69) is 0 Å². The third-order valence-electron chi connectivity index (χ3n) is 4.26. The predicted molar refractivity (Wildman–Crippen MR) is 82.0 cm³/mol. The number of benzene rings is 1. The van der Waals surface area contributed by atoms with Crippen LogP contribution in [-0.4, -0.2) is 31.8 Å². The molecule has 1 aliphatic heterocycles. The summed E-state index contributed by atoms with van der Waals surface area (Å²) >= 11 is 0. The molecule has 2 unspecified atom stereocenters. The molecule has 1 fully saturated rings. The zero-order valence-corrected chi connectivity index (χ0v) is 12.7. The fraction of sp³-hybridized carbons (Fsp3) is 0.588. The molecule has 0 saturated carbocycles. The van der Waals surface area contributed by atoms with Crippen molar-refractivity contribution in [3.63, 3.8) is 0 Å². The monoisotopic (exact) mass is 291 g/mol. The third-order valence-corrected chi connectivity index (χ3v) is 4.26. The molecule has 0 bridgehead atoms. The quantitative estimate of drug-likeness (QED) is 0.784. The summed E-state index contributed by atoms with van der Waals surface area (Å²) in [5.74, 6) is -0.225. The summed E-state index contributed by atoms with van der Waals surface area (Å²) in [6, 6.07) is 9.73. The number of esters is 1. The Morgan fingerprint density at radius 2 is 2.19 bits per heavy atom. The lowest BCUT2D eigenvalue weighted by atomic mass is 9.76. The van der Waals surface area contributed by atoms with Crippen LogP contribution in [0.4, 0.5) is 0 Å². The first-order valence-corrected chi connectivity index (χ1v) is 7.77. The van der Waals surface area contributed by atoms with Crippen LogP contribution in [0.15, 0.2) is 30.3 Å². The van der Waals surface area contributed by atoms with Crippen LogP contribution >= 0.6 is 0 Å². The van der Waals surface area contributed by atoms with Gasteiger partial charge in [0.05, 0.1) is 12.7 Å². The van der Waals surface area contributed by atoms with Crippen molar-refractivity contribution in [2.24, 2.45) is 5.73 Å². The molecule has 0 amide bonds. The second kappa shape index (κ2) is 7.57. The molecule has 1 aliphatic rings. The predicted octanol–water partition coefficient (Wildman–Crippen LogP) is 2.41. The van der Waals surface area contributed by atoms with E-state index in [0.717, 1.165) is 31.4 Å². The van der Waals surface area contributed by atoms with Crippen molar-refractivity contribution in [3.05, 3.63) is 35.9 Å². The first-order valence-electron chi connectivity index (χ1n) is 7.77. The average Bonchev–Trinajstić information content (AvgIpc) is 3.03. The number of hydrogen-bond donors (Lipinski definition) is 1. The highest BCUT2D eigenvalue weighted by atomic mass is 16.5. The molecule has 0 aromatic heterocycles. The molecule has 21 heavy (non-hydrogen) atoms. The molecule has 0 spiro atoms.